The van der Waals surface area contributed by atoms with Crippen molar-refractivity contribution in [2.75, 3.05) is 0 Å². The van der Waals surface area contributed by atoms with Crippen molar-refractivity contribution >= 4 is 184 Å². The van der Waals surface area contributed by atoms with Crippen molar-refractivity contribution < 1.29 is 0 Å². The molecule has 0 fully saturated rings. The maximum Gasteiger partial charge on any atom is 0.0547 e. The van der Waals surface area contributed by atoms with Crippen LogP contribution >= 0.6 is 0 Å². The van der Waals surface area contributed by atoms with Crippen LogP contribution in [0.4, 0.5) is 0 Å². The lowest BCUT2D eigenvalue weighted by atomic mass is 9.84. The summed E-state index contributed by atoms with van der Waals surface area (Å²) < 4.78 is 4.92. The van der Waals surface area contributed by atoms with Crippen molar-refractivity contribution in [2.24, 2.45) is 0 Å². The Morgan fingerprint density at radius 3 is 0.722 bits per heavy atom. The number of benzene rings is 25. The van der Waals surface area contributed by atoms with Gasteiger partial charge in [0.05, 0.1) is 22.1 Å². The molecular weight excluding hydrogens is 1520 g/mol. The highest BCUT2D eigenvalue weighted by atomic mass is 15.0. The summed E-state index contributed by atoms with van der Waals surface area (Å²) in [5.74, 6) is 0. The lowest BCUT2D eigenvalue weighted by molar-refractivity contribution is 1.18. The third-order valence-electron chi connectivity index (χ3n) is 27.1. The fourth-order valence-electron chi connectivity index (χ4n) is 21.4. The van der Waals surface area contributed by atoms with E-state index in [1.165, 1.54) is 250 Å². The molecular formula is C124H76N2. The molecule has 0 N–H and O–H groups in total. The van der Waals surface area contributed by atoms with E-state index in [4.69, 9.17) is 0 Å². The summed E-state index contributed by atoms with van der Waals surface area (Å²) in [6.45, 7) is 0. The molecule has 2 nitrogen and oxygen atoms in total. The Balaban J connectivity index is 0.000000134. The van der Waals surface area contributed by atoms with Crippen molar-refractivity contribution in [3.05, 3.63) is 461 Å². The highest BCUT2D eigenvalue weighted by Gasteiger charge is 2.25. The summed E-state index contributed by atoms with van der Waals surface area (Å²) in [7, 11) is 0. The molecule has 0 atom stereocenters. The minimum atomic E-state index is 1.15. The SMILES string of the molecule is c1ccc(-c2ccc3c(-c4ccc(-n5c6ccc7ccccc7c6c6c7ccccc7ccc65)cc4)c4ccccc4c(-c4ccc5cc6ccccc6cc5c4)c3c2)cc1.c1ccc2cc(-c3c4ccccc4c(-c4ccc(-n5c6ccc7ccccc7c6c6c7ccccc7ccc65)cc4)c4ccc(-c5ccc6cc7ccccc7cc6c5)cc34)ccc2c1. The van der Waals surface area contributed by atoms with Gasteiger partial charge in [0.25, 0.3) is 0 Å². The van der Waals surface area contributed by atoms with Crippen LogP contribution in [0.5, 0.6) is 0 Å². The first-order valence-electron chi connectivity index (χ1n) is 43.7. The molecule has 0 unspecified atom stereocenters. The average Bonchev–Trinajstić information content (AvgIpc) is 1.46. The van der Waals surface area contributed by atoms with E-state index < -0.39 is 0 Å². The third kappa shape index (κ3) is 11.4. The van der Waals surface area contributed by atoms with Crippen LogP contribution in [0.1, 0.15) is 0 Å². The van der Waals surface area contributed by atoms with Gasteiger partial charge in [0.2, 0.25) is 0 Å². The number of fused-ring (bicyclic) bond motifs is 23. The highest BCUT2D eigenvalue weighted by Crippen LogP contribution is 2.51. The number of nitrogens with zero attached hydrogens (tertiary/aromatic N) is 2. The van der Waals surface area contributed by atoms with Gasteiger partial charge in [-0.25, -0.2) is 0 Å². The smallest absolute Gasteiger partial charge is 0.0547 e. The molecule has 0 amide bonds. The molecule has 0 saturated heterocycles. The molecule has 0 radical (unpaired) electrons. The lowest BCUT2D eigenvalue weighted by Gasteiger charge is -2.19. The largest absolute Gasteiger partial charge is 0.309 e. The van der Waals surface area contributed by atoms with E-state index in [2.05, 4.69) is 470 Å². The molecule has 582 valence electrons. The predicted octanol–water partition coefficient (Wildman–Crippen LogP) is 34.6. The molecule has 0 saturated carbocycles. The zero-order valence-electron chi connectivity index (χ0n) is 68.8. The van der Waals surface area contributed by atoms with E-state index in [9.17, 15) is 0 Å². The van der Waals surface area contributed by atoms with Gasteiger partial charge in [-0.05, 0) is 310 Å². The van der Waals surface area contributed by atoms with Crippen molar-refractivity contribution in [1.29, 1.82) is 0 Å². The fourth-order valence-corrected chi connectivity index (χ4v) is 21.4. The van der Waals surface area contributed by atoms with E-state index in [0.717, 1.165) is 11.4 Å². The quantitative estimate of drug-likeness (QED) is 0.134. The Hall–Kier alpha value is -16.5. The van der Waals surface area contributed by atoms with E-state index in [1.807, 2.05) is 0 Å². The maximum atomic E-state index is 2.46. The van der Waals surface area contributed by atoms with Gasteiger partial charge in [-0.15, -0.1) is 0 Å². The van der Waals surface area contributed by atoms with Crippen molar-refractivity contribution in [1.82, 2.24) is 9.13 Å². The van der Waals surface area contributed by atoms with Crippen LogP contribution < -0.4 is 0 Å². The summed E-state index contributed by atoms with van der Waals surface area (Å²) in [5, 5.41) is 37.9. The van der Waals surface area contributed by atoms with Crippen molar-refractivity contribution in [3.8, 4) is 78.1 Å². The Labute approximate surface area is 726 Å². The van der Waals surface area contributed by atoms with E-state index >= 15 is 0 Å². The molecule has 126 heavy (non-hydrogen) atoms. The van der Waals surface area contributed by atoms with Gasteiger partial charge >= 0.3 is 0 Å². The van der Waals surface area contributed by atoms with Crippen molar-refractivity contribution in [3.63, 3.8) is 0 Å². The summed E-state index contributed by atoms with van der Waals surface area (Å²) in [5.41, 5.74) is 21.9. The molecule has 0 aliphatic heterocycles. The number of hydrogen-bond acceptors (Lipinski definition) is 0. The Morgan fingerprint density at radius 2 is 0.341 bits per heavy atom. The standard InChI is InChI=1S/C64H39N.C60H37N/c1-2-14-44-36-50(24-21-40(44)11-1)62-56-20-10-9-19-55(56)61(57-32-27-49(39-58(57)62)47-22-23-48-35-45-15-3-4-16-46(45)37-51(48)38-47)43-25-30-52(31-26-43)65-59-33-28-41-12-5-7-17-53(41)63(59)64-54-18-8-6-13-42(54)29-34-60(64)65;1-2-12-38(13-3-1)45-26-31-53-54(37-45)58(46-23-22-44-34-42-16-4-5-17-43(42)35-47(44)36-46)52-21-11-10-20-51(52)57(53)41-24-29-48(30-25-41)61-55-32-27-39-14-6-8-18-49(39)59(55)60-50-19-9-7-15-40(50)28-33-56(60)61/h1-39H;1-37H. The van der Waals surface area contributed by atoms with Crippen molar-refractivity contribution in [2.45, 2.75) is 0 Å². The molecule has 2 heteroatoms. The first-order chi connectivity index (χ1) is 62.5. The van der Waals surface area contributed by atoms with Crippen LogP contribution in [0.2, 0.25) is 0 Å². The molecule has 0 bridgehead atoms. The zero-order chi connectivity index (χ0) is 82.6. The van der Waals surface area contributed by atoms with Crippen LogP contribution in [0.15, 0.2) is 461 Å². The highest BCUT2D eigenvalue weighted by molar-refractivity contribution is 6.31. The normalized spacial score (nSPS) is 12.0. The summed E-state index contributed by atoms with van der Waals surface area (Å²) in [6, 6.07) is 171. The summed E-state index contributed by atoms with van der Waals surface area (Å²) >= 11 is 0. The molecule has 2 aromatic heterocycles. The van der Waals surface area contributed by atoms with E-state index in [0.29, 0.717) is 0 Å². The first kappa shape index (κ1) is 71.2. The van der Waals surface area contributed by atoms with Gasteiger partial charge in [-0.3, -0.25) is 0 Å². The molecule has 25 aromatic carbocycles. The molecule has 27 rings (SSSR count). The van der Waals surface area contributed by atoms with E-state index in [1.54, 1.807) is 0 Å². The number of rotatable bonds is 8. The molecule has 0 aliphatic rings. The fraction of sp³-hybridized carbons (Fsp3) is 0. The van der Waals surface area contributed by atoms with E-state index in [-0.39, 0.29) is 0 Å². The third-order valence-corrected chi connectivity index (χ3v) is 27.1. The Kier molecular flexibility index (Phi) is 16.1. The maximum absolute atomic E-state index is 2.46. The topological polar surface area (TPSA) is 9.86 Å². The zero-order valence-corrected chi connectivity index (χ0v) is 68.8. The second-order valence-electron chi connectivity index (χ2n) is 34.1. The van der Waals surface area contributed by atoms with Gasteiger partial charge < -0.3 is 9.13 Å². The van der Waals surface area contributed by atoms with Gasteiger partial charge in [0, 0.05) is 32.9 Å². The second-order valence-corrected chi connectivity index (χ2v) is 34.1. The number of aromatic nitrogens is 2. The van der Waals surface area contributed by atoms with Gasteiger partial charge in [0.15, 0.2) is 0 Å². The minimum absolute atomic E-state index is 1.15. The van der Waals surface area contributed by atoms with Crippen LogP contribution in [0.3, 0.4) is 0 Å². The van der Waals surface area contributed by atoms with Crippen LogP contribution in [-0.2, 0) is 0 Å². The average molecular weight is 1590 g/mol. The van der Waals surface area contributed by atoms with Gasteiger partial charge in [-0.1, -0.05) is 358 Å². The van der Waals surface area contributed by atoms with Crippen LogP contribution in [0, 0.1) is 0 Å². The lowest BCUT2D eigenvalue weighted by Crippen LogP contribution is -1.95. The molecule has 0 aliphatic carbocycles. The summed E-state index contributed by atoms with van der Waals surface area (Å²) in [6.07, 6.45) is 0. The molecule has 0 spiro atoms. The minimum Gasteiger partial charge on any atom is -0.309 e. The Bertz CT molecular complexity index is 9080. The second kappa shape index (κ2) is 28.6. The molecule has 2 heterocycles. The van der Waals surface area contributed by atoms with Gasteiger partial charge in [-0.2, -0.15) is 0 Å². The summed E-state index contributed by atoms with van der Waals surface area (Å²) in [4.78, 5) is 0. The van der Waals surface area contributed by atoms with Gasteiger partial charge in [0.1, 0.15) is 0 Å². The van der Waals surface area contributed by atoms with Crippen LogP contribution in [-0.4, -0.2) is 9.13 Å². The number of hydrogen-bond donors (Lipinski definition) is 0. The Morgan fingerprint density at radius 1 is 0.111 bits per heavy atom. The van der Waals surface area contributed by atoms with Crippen LogP contribution in [0.25, 0.3) is 262 Å². The predicted molar refractivity (Wildman–Crippen MR) is 542 cm³/mol. The molecule has 27 aromatic rings. The first-order valence-corrected chi connectivity index (χ1v) is 43.7. The monoisotopic (exact) mass is 1590 g/mol.